The number of hydrogen-bond donors (Lipinski definition) is 1. The lowest BCUT2D eigenvalue weighted by Gasteiger charge is -2.20. The van der Waals surface area contributed by atoms with Crippen molar-refractivity contribution in [3.63, 3.8) is 0 Å². The molecule has 6 heteroatoms. The first-order valence-corrected chi connectivity index (χ1v) is 11.1. The standard InChI is InChI=1S/C23H22FN3OS/c24-20-13-25-23(26-17-7-1-4-15(12-17)14-29-18-9-10-18)27-21(20)19-8-2-5-16-6-3-11-28-22(16)19/h1-2,4-5,7-8,12-13,18H,3,6,9-11,14H2,(H,25,26,27). The third kappa shape index (κ3) is 4.22. The van der Waals surface area contributed by atoms with Crippen LogP contribution in [0, 0.1) is 5.82 Å². The van der Waals surface area contributed by atoms with Gasteiger partial charge in [-0.2, -0.15) is 11.8 Å². The van der Waals surface area contributed by atoms with E-state index in [-0.39, 0.29) is 5.69 Å². The first kappa shape index (κ1) is 18.4. The quantitative estimate of drug-likeness (QED) is 0.564. The van der Waals surface area contributed by atoms with E-state index in [2.05, 4.69) is 27.4 Å². The molecule has 0 saturated heterocycles. The molecular formula is C23H22FN3OS. The van der Waals surface area contributed by atoms with Crippen molar-refractivity contribution in [3.05, 3.63) is 65.6 Å². The van der Waals surface area contributed by atoms with Gasteiger partial charge in [-0.15, -0.1) is 0 Å². The van der Waals surface area contributed by atoms with E-state index in [1.807, 2.05) is 42.1 Å². The number of rotatable bonds is 6. The Morgan fingerprint density at radius 3 is 2.97 bits per heavy atom. The van der Waals surface area contributed by atoms with Crippen LogP contribution < -0.4 is 10.1 Å². The number of halogens is 1. The molecule has 5 rings (SSSR count). The van der Waals surface area contributed by atoms with Crippen molar-refractivity contribution in [3.8, 4) is 17.0 Å². The smallest absolute Gasteiger partial charge is 0.227 e. The minimum absolute atomic E-state index is 0.265. The summed E-state index contributed by atoms with van der Waals surface area (Å²) in [4.78, 5) is 8.62. The number of aromatic nitrogens is 2. The van der Waals surface area contributed by atoms with Crippen molar-refractivity contribution in [2.24, 2.45) is 0 Å². The molecule has 0 bridgehead atoms. The van der Waals surface area contributed by atoms with Gasteiger partial charge in [0.25, 0.3) is 0 Å². The van der Waals surface area contributed by atoms with Crippen molar-refractivity contribution >= 4 is 23.4 Å². The van der Waals surface area contributed by atoms with Gasteiger partial charge in [-0.05, 0) is 55.0 Å². The number of nitrogens with one attached hydrogen (secondary N) is 1. The fourth-order valence-corrected chi connectivity index (χ4v) is 4.59. The summed E-state index contributed by atoms with van der Waals surface area (Å²) in [6, 6.07) is 14.1. The molecule has 2 aromatic carbocycles. The molecule has 1 N–H and O–H groups in total. The van der Waals surface area contributed by atoms with Crippen LogP contribution in [0.25, 0.3) is 11.3 Å². The second-order valence-corrected chi connectivity index (χ2v) is 8.76. The molecule has 1 fully saturated rings. The van der Waals surface area contributed by atoms with Gasteiger partial charge in [0.2, 0.25) is 5.95 Å². The van der Waals surface area contributed by atoms with Crippen LogP contribution in [-0.4, -0.2) is 21.8 Å². The lowest BCUT2D eigenvalue weighted by atomic mass is 10.0. The summed E-state index contributed by atoms with van der Waals surface area (Å²) in [6.45, 7) is 0.646. The SMILES string of the molecule is Fc1cnc(Nc2cccc(CSC3CC3)c2)nc1-c1cccc2c1OCCC2. The van der Waals surface area contributed by atoms with E-state index in [9.17, 15) is 4.39 Å². The molecule has 1 saturated carbocycles. The predicted molar refractivity (Wildman–Crippen MR) is 115 cm³/mol. The average Bonchev–Trinajstić information content (AvgIpc) is 3.58. The largest absolute Gasteiger partial charge is 0.493 e. The maximum atomic E-state index is 14.6. The zero-order valence-electron chi connectivity index (χ0n) is 16.0. The molecule has 0 radical (unpaired) electrons. The molecule has 3 aromatic rings. The number of para-hydroxylation sites is 1. The molecular weight excluding hydrogens is 385 g/mol. The second kappa shape index (κ2) is 8.03. The van der Waals surface area contributed by atoms with E-state index >= 15 is 0 Å². The van der Waals surface area contributed by atoms with E-state index in [1.165, 1.54) is 24.6 Å². The monoisotopic (exact) mass is 407 g/mol. The third-order valence-corrected chi connectivity index (χ3v) is 6.57. The van der Waals surface area contributed by atoms with E-state index in [0.717, 1.165) is 40.8 Å². The summed E-state index contributed by atoms with van der Waals surface area (Å²) in [5, 5.41) is 4.05. The highest BCUT2D eigenvalue weighted by Gasteiger charge is 2.22. The van der Waals surface area contributed by atoms with Gasteiger partial charge in [-0.25, -0.2) is 14.4 Å². The highest BCUT2D eigenvalue weighted by Crippen LogP contribution is 2.37. The molecule has 0 unspecified atom stereocenters. The molecule has 1 aromatic heterocycles. The van der Waals surface area contributed by atoms with Crippen LogP contribution in [0.3, 0.4) is 0 Å². The number of benzene rings is 2. The summed E-state index contributed by atoms with van der Waals surface area (Å²) >= 11 is 2.00. The summed E-state index contributed by atoms with van der Waals surface area (Å²) in [6.07, 6.45) is 5.81. The lowest BCUT2D eigenvalue weighted by Crippen LogP contribution is -2.10. The van der Waals surface area contributed by atoms with Crippen LogP contribution in [0.2, 0.25) is 0 Å². The number of aryl methyl sites for hydroxylation is 1. The van der Waals surface area contributed by atoms with Gasteiger partial charge in [-0.1, -0.05) is 24.3 Å². The van der Waals surface area contributed by atoms with Crippen LogP contribution in [0.15, 0.2) is 48.7 Å². The van der Waals surface area contributed by atoms with Gasteiger partial charge < -0.3 is 10.1 Å². The zero-order valence-corrected chi connectivity index (χ0v) is 16.8. The van der Waals surface area contributed by atoms with Crippen molar-refractivity contribution in [2.75, 3.05) is 11.9 Å². The molecule has 0 atom stereocenters. The molecule has 29 heavy (non-hydrogen) atoms. The first-order valence-electron chi connectivity index (χ1n) is 10.0. The van der Waals surface area contributed by atoms with Gasteiger partial charge >= 0.3 is 0 Å². The Kier molecular flexibility index (Phi) is 5.10. The van der Waals surface area contributed by atoms with Crippen LogP contribution in [0.4, 0.5) is 16.0 Å². The van der Waals surface area contributed by atoms with Crippen molar-refractivity contribution in [1.82, 2.24) is 9.97 Å². The van der Waals surface area contributed by atoms with E-state index < -0.39 is 5.82 Å². The number of nitrogens with zero attached hydrogens (tertiary/aromatic N) is 2. The van der Waals surface area contributed by atoms with Gasteiger partial charge in [0.05, 0.1) is 12.8 Å². The molecule has 1 aliphatic heterocycles. The Bertz CT molecular complexity index is 1040. The molecule has 0 spiro atoms. The van der Waals surface area contributed by atoms with Crippen molar-refractivity contribution in [1.29, 1.82) is 0 Å². The molecule has 2 heterocycles. The fourth-order valence-electron chi connectivity index (χ4n) is 3.51. The Labute approximate surface area is 173 Å². The second-order valence-electron chi connectivity index (χ2n) is 7.47. The minimum Gasteiger partial charge on any atom is -0.493 e. The van der Waals surface area contributed by atoms with E-state index in [4.69, 9.17) is 4.74 Å². The maximum Gasteiger partial charge on any atom is 0.227 e. The van der Waals surface area contributed by atoms with Crippen LogP contribution in [-0.2, 0) is 12.2 Å². The van der Waals surface area contributed by atoms with Crippen LogP contribution in [0.1, 0.15) is 30.4 Å². The number of thioether (sulfide) groups is 1. The van der Waals surface area contributed by atoms with Crippen LogP contribution in [0.5, 0.6) is 5.75 Å². The summed E-state index contributed by atoms with van der Waals surface area (Å²) in [5.41, 5.74) is 4.21. The predicted octanol–water partition coefficient (Wildman–Crippen LogP) is 5.75. The number of ether oxygens (including phenoxy) is 1. The molecule has 1 aliphatic carbocycles. The normalized spacial score (nSPS) is 15.5. The molecule has 148 valence electrons. The summed E-state index contributed by atoms with van der Waals surface area (Å²) in [5.74, 6) is 1.67. The van der Waals surface area contributed by atoms with Crippen molar-refractivity contribution < 1.29 is 9.13 Å². The highest BCUT2D eigenvalue weighted by molar-refractivity contribution is 7.99. The summed E-state index contributed by atoms with van der Waals surface area (Å²) in [7, 11) is 0. The Morgan fingerprint density at radius 1 is 1.17 bits per heavy atom. The minimum atomic E-state index is -0.451. The summed E-state index contributed by atoms with van der Waals surface area (Å²) < 4.78 is 20.4. The molecule has 2 aliphatic rings. The van der Waals surface area contributed by atoms with E-state index in [0.29, 0.717) is 18.1 Å². The topological polar surface area (TPSA) is 47.0 Å². The molecule has 4 nitrogen and oxygen atoms in total. The first-order chi connectivity index (χ1) is 14.3. The Morgan fingerprint density at radius 2 is 2.07 bits per heavy atom. The number of fused-ring (bicyclic) bond motifs is 1. The molecule has 0 amide bonds. The average molecular weight is 408 g/mol. The lowest BCUT2D eigenvalue weighted by molar-refractivity contribution is 0.289. The van der Waals surface area contributed by atoms with Gasteiger partial charge in [0, 0.05) is 22.3 Å². The zero-order chi connectivity index (χ0) is 19.6. The maximum absolute atomic E-state index is 14.6. The van der Waals surface area contributed by atoms with Gasteiger partial charge in [0.1, 0.15) is 11.4 Å². The number of hydrogen-bond acceptors (Lipinski definition) is 5. The Balaban J connectivity index is 1.41. The third-order valence-electron chi connectivity index (χ3n) is 5.13. The highest BCUT2D eigenvalue weighted by atomic mass is 32.2. The van der Waals surface area contributed by atoms with Gasteiger partial charge in [0.15, 0.2) is 5.82 Å². The van der Waals surface area contributed by atoms with Crippen LogP contribution >= 0.6 is 11.8 Å². The number of anilines is 2. The van der Waals surface area contributed by atoms with Gasteiger partial charge in [-0.3, -0.25) is 0 Å². The Hall–Kier alpha value is -2.60. The fraction of sp³-hybridized carbons (Fsp3) is 0.304. The van der Waals surface area contributed by atoms with Crippen molar-refractivity contribution in [2.45, 2.75) is 36.7 Å². The van der Waals surface area contributed by atoms with E-state index in [1.54, 1.807) is 0 Å².